The van der Waals surface area contributed by atoms with Gasteiger partial charge in [-0.25, -0.2) is 0 Å². The molecule has 3 rings (SSSR count). The molecule has 0 aliphatic heterocycles. The molecule has 0 amide bonds. The Bertz CT molecular complexity index is 856. The number of fused-ring (bicyclic) bond motifs is 1. The Kier molecular flexibility index (Phi) is 3.74. The number of methoxy groups -OCH3 is 1. The second-order valence-electron chi connectivity index (χ2n) is 4.24. The third-order valence-electron chi connectivity index (χ3n) is 3.03. The normalized spacial score (nSPS) is 10.9. The number of hydrogen-bond acceptors (Lipinski definition) is 2. The fourth-order valence-electron chi connectivity index (χ4n) is 2.16. The van der Waals surface area contributed by atoms with E-state index in [2.05, 4.69) is 33.6 Å². The van der Waals surface area contributed by atoms with Crippen LogP contribution in [0.4, 0.5) is 0 Å². The van der Waals surface area contributed by atoms with Crippen LogP contribution in [-0.2, 0) is 0 Å². The largest absolute Gasteiger partial charge is 0.495 e. The van der Waals surface area contributed by atoms with Crippen molar-refractivity contribution < 1.29 is 4.74 Å². The fraction of sp³-hybridized carbons (Fsp3) is 0.0714. The van der Waals surface area contributed by atoms with Gasteiger partial charge in [-0.3, -0.25) is 4.57 Å². The van der Waals surface area contributed by atoms with Crippen molar-refractivity contribution in [2.45, 2.75) is 0 Å². The molecule has 20 heavy (non-hydrogen) atoms. The molecular weight excluding hydrogens is 407 g/mol. The predicted molar refractivity (Wildman–Crippen MR) is 92.7 cm³/mol. The van der Waals surface area contributed by atoms with Gasteiger partial charge in [0.1, 0.15) is 5.75 Å². The zero-order chi connectivity index (χ0) is 14.3. The summed E-state index contributed by atoms with van der Waals surface area (Å²) in [7, 11) is 1.63. The van der Waals surface area contributed by atoms with Gasteiger partial charge in [0.25, 0.3) is 0 Å². The quantitative estimate of drug-likeness (QED) is 0.473. The summed E-state index contributed by atoms with van der Waals surface area (Å²) in [6.45, 7) is 0. The number of ether oxygens (including phenoxy) is 1. The number of hydrogen-bond donors (Lipinski definition) is 1. The highest BCUT2D eigenvalue weighted by atomic mass is 127. The maximum absolute atomic E-state index is 6.11. The van der Waals surface area contributed by atoms with Crippen LogP contribution in [0, 0.1) is 8.34 Å². The minimum Gasteiger partial charge on any atom is -0.495 e. The molecular formula is C14H10ClIN2OS. The summed E-state index contributed by atoms with van der Waals surface area (Å²) in [4.78, 5) is 3.21. The third-order valence-corrected chi connectivity index (χ3v) is 4.22. The molecule has 0 aliphatic carbocycles. The number of imidazole rings is 1. The molecule has 6 heteroatoms. The molecule has 3 nitrogen and oxygen atoms in total. The maximum Gasteiger partial charge on any atom is 0.182 e. The van der Waals surface area contributed by atoms with E-state index in [1.54, 1.807) is 13.2 Å². The molecule has 2 aromatic carbocycles. The number of rotatable bonds is 2. The summed E-state index contributed by atoms with van der Waals surface area (Å²) >= 11 is 13.8. The van der Waals surface area contributed by atoms with E-state index < -0.39 is 0 Å². The van der Waals surface area contributed by atoms with Gasteiger partial charge in [-0.2, -0.15) is 0 Å². The van der Waals surface area contributed by atoms with Crippen molar-refractivity contribution in [2.75, 3.05) is 7.11 Å². The van der Waals surface area contributed by atoms with E-state index in [4.69, 9.17) is 28.6 Å². The molecule has 3 aromatic rings. The predicted octanol–water partition coefficient (Wildman–Crippen LogP) is 4.95. The molecule has 0 fully saturated rings. The number of aromatic nitrogens is 2. The van der Waals surface area contributed by atoms with Crippen molar-refractivity contribution in [3.8, 4) is 11.4 Å². The van der Waals surface area contributed by atoms with Gasteiger partial charge in [-0.15, -0.1) is 0 Å². The molecule has 1 aromatic heterocycles. The topological polar surface area (TPSA) is 29.9 Å². The fourth-order valence-corrected chi connectivity index (χ4v) is 3.13. The zero-order valence-electron chi connectivity index (χ0n) is 10.5. The van der Waals surface area contributed by atoms with Gasteiger partial charge in [0.05, 0.1) is 23.8 Å². The first-order valence-electron chi connectivity index (χ1n) is 5.84. The number of nitrogens with one attached hydrogen (secondary N) is 1. The van der Waals surface area contributed by atoms with Crippen LogP contribution in [0.15, 0.2) is 36.4 Å². The lowest BCUT2D eigenvalue weighted by atomic mass is 10.2. The Balaban J connectivity index is 2.37. The standard InChI is InChI=1S/C14H10ClIN2OS/c1-19-13-5-2-8(15)6-12(13)18-11-4-3-9(16)7-10(11)17-14(18)20/h2-7H,1H3,(H,17,20). The molecule has 0 bridgehead atoms. The van der Waals surface area contributed by atoms with Crippen LogP contribution in [0.25, 0.3) is 16.7 Å². The number of aromatic amines is 1. The summed E-state index contributed by atoms with van der Waals surface area (Å²) in [5, 5.41) is 0.641. The highest BCUT2D eigenvalue weighted by Crippen LogP contribution is 2.30. The summed E-state index contributed by atoms with van der Waals surface area (Å²) in [5.74, 6) is 0.727. The van der Waals surface area contributed by atoms with Gasteiger partial charge < -0.3 is 9.72 Å². The molecule has 0 unspecified atom stereocenters. The lowest BCUT2D eigenvalue weighted by Crippen LogP contribution is -1.98. The number of halogens is 2. The molecule has 0 atom stereocenters. The Hall–Kier alpha value is -1.05. The van der Waals surface area contributed by atoms with E-state index in [9.17, 15) is 0 Å². The van der Waals surface area contributed by atoms with Crippen molar-refractivity contribution in [3.05, 3.63) is 49.8 Å². The van der Waals surface area contributed by atoms with Crippen LogP contribution in [0.5, 0.6) is 5.75 Å². The van der Waals surface area contributed by atoms with Gasteiger partial charge in [0, 0.05) is 8.59 Å². The van der Waals surface area contributed by atoms with Gasteiger partial charge in [0.2, 0.25) is 0 Å². The SMILES string of the molecule is COc1ccc(Cl)cc1-n1c(=S)[nH]c2cc(I)ccc21. The van der Waals surface area contributed by atoms with Crippen LogP contribution < -0.4 is 4.74 Å². The van der Waals surface area contributed by atoms with E-state index in [-0.39, 0.29) is 0 Å². The molecule has 1 heterocycles. The van der Waals surface area contributed by atoms with Crippen molar-refractivity contribution in [3.63, 3.8) is 0 Å². The van der Waals surface area contributed by atoms with Crippen LogP contribution in [0.3, 0.4) is 0 Å². The van der Waals surface area contributed by atoms with Crippen molar-refractivity contribution in [1.29, 1.82) is 0 Å². The van der Waals surface area contributed by atoms with E-state index in [0.717, 1.165) is 26.0 Å². The van der Waals surface area contributed by atoms with E-state index in [0.29, 0.717) is 9.79 Å². The lowest BCUT2D eigenvalue weighted by molar-refractivity contribution is 0.413. The average molecular weight is 417 g/mol. The minimum absolute atomic E-state index is 0.613. The highest BCUT2D eigenvalue weighted by Gasteiger charge is 2.12. The van der Waals surface area contributed by atoms with E-state index in [1.165, 1.54) is 0 Å². The first-order valence-corrected chi connectivity index (χ1v) is 7.71. The first kappa shape index (κ1) is 13.9. The third kappa shape index (κ3) is 2.34. The molecule has 0 saturated carbocycles. The van der Waals surface area contributed by atoms with Crippen LogP contribution in [-0.4, -0.2) is 16.7 Å². The summed E-state index contributed by atoms with van der Waals surface area (Å²) in [6.07, 6.45) is 0. The first-order chi connectivity index (χ1) is 9.60. The summed E-state index contributed by atoms with van der Waals surface area (Å²) in [5.41, 5.74) is 2.82. The van der Waals surface area contributed by atoms with Crippen molar-refractivity contribution >= 4 is 57.4 Å². The van der Waals surface area contributed by atoms with Crippen molar-refractivity contribution in [1.82, 2.24) is 9.55 Å². The molecule has 1 N–H and O–H groups in total. The van der Waals surface area contributed by atoms with Gasteiger partial charge in [-0.1, -0.05) is 11.6 Å². The Labute approximate surface area is 139 Å². The van der Waals surface area contributed by atoms with E-state index in [1.807, 2.05) is 28.8 Å². The second kappa shape index (κ2) is 5.38. The van der Waals surface area contributed by atoms with Crippen LogP contribution in [0.1, 0.15) is 0 Å². The van der Waals surface area contributed by atoms with Gasteiger partial charge in [0.15, 0.2) is 4.77 Å². The second-order valence-corrected chi connectivity index (χ2v) is 6.31. The van der Waals surface area contributed by atoms with Crippen LogP contribution in [0.2, 0.25) is 5.02 Å². The number of benzene rings is 2. The average Bonchev–Trinajstić information content (AvgIpc) is 2.73. The molecule has 0 radical (unpaired) electrons. The Morgan fingerprint density at radius 1 is 1.25 bits per heavy atom. The maximum atomic E-state index is 6.11. The van der Waals surface area contributed by atoms with Gasteiger partial charge in [-0.05, 0) is 71.2 Å². The summed E-state index contributed by atoms with van der Waals surface area (Å²) in [6, 6.07) is 11.6. The monoisotopic (exact) mass is 416 g/mol. The highest BCUT2D eigenvalue weighted by molar-refractivity contribution is 14.1. The lowest BCUT2D eigenvalue weighted by Gasteiger charge is -2.10. The number of H-pyrrole nitrogens is 1. The summed E-state index contributed by atoms with van der Waals surface area (Å²) < 4.78 is 9.11. The van der Waals surface area contributed by atoms with E-state index >= 15 is 0 Å². The Morgan fingerprint density at radius 3 is 2.80 bits per heavy atom. The smallest absolute Gasteiger partial charge is 0.182 e. The molecule has 0 spiro atoms. The molecule has 0 saturated heterocycles. The molecule has 0 aliphatic rings. The minimum atomic E-state index is 0.613. The Morgan fingerprint density at radius 2 is 2.05 bits per heavy atom. The van der Waals surface area contributed by atoms with Gasteiger partial charge >= 0.3 is 0 Å². The molecule has 102 valence electrons. The zero-order valence-corrected chi connectivity index (χ0v) is 14.2. The van der Waals surface area contributed by atoms with Crippen molar-refractivity contribution in [2.24, 2.45) is 0 Å². The number of nitrogens with zero attached hydrogens (tertiary/aromatic N) is 1. The van der Waals surface area contributed by atoms with Crippen LogP contribution >= 0.6 is 46.4 Å².